The zero-order valence-electron chi connectivity index (χ0n) is 4.64. The number of hydrogen-bond donors (Lipinski definition) is 2. The number of nitrogens with two attached hydrogens (primary N) is 2. The SMILES string of the molecule is [2H]N([2H])C(=O)CN. The van der Waals surface area contributed by atoms with Gasteiger partial charge in [-0.3, -0.25) is 4.79 Å². The average Bonchev–Trinajstić information content (AvgIpc) is 1.65. The van der Waals surface area contributed by atoms with Gasteiger partial charge in [0.25, 0.3) is 0 Å². The van der Waals surface area contributed by atoms with Gasteiger partial charge in [-0.15, -0.1) is 0 Å². The molecule has 0 heterocycles. The molecule has 0 saturated carbocycles. The van der Waals surface area contributed by atoms with Gasteiger partial charge in [0.05, 0.1) is 6.54 Å². The quantitative estimate of drug-likeness (QED) is 0.396. The lowest BCUT2D eigenvalue weighted by Gasteiger charge is -1.74. The average molecular weight is 76.1 g/mol. The minimum absolute atomic E-state index is 0.0417. The molecule has 3 heteroatoms. The van der Waals surface area contributed by atoms with Crippen LogP contribution in [0.1, 0.15) is 0 Å². The summed E-state index contributed by atoms with van der Waals surface area (Å²) in [5, 5.41) is 0. The normalized spacial score (nSPS) is 12.2. The Balaban J connectivity index is 3.35. The van der Waals surface area contributed by atoms with Gasteiger partial charge in [-0.2, -0.15) is 0 Å². The van der Waals surface area contributed by atoms with Crippen molar-refractivity contribution < 1.29 is 7.62 Å². The third-order valence-electron chi connectivity index (χ3n) is 0.175. The summed E-state index contributed by atoms with van der Waals surface area (Å²) < 4.78 is 12.5. The minimum atomic E-state index is -0.708. The molecule has 4 N–H and O–H groups in total. The van der Waals surface area contributed by atoms with Gasteiger partial charge in [0.2, 0.25) is 5.91 Å². The second-order valence-electron chi connectivity index (χ2n) is 0.598. The van der Waals surface area contributed by atoms with E-state index in [1.165, 1.54) is 0 Å². The van der Waals surface area contributed by atoms with E-state index >= 15 is 0 Å². The van der Waals surface area contributed by atoms with E-state index in [1.54, 1.807) is 0 Å². The second-order valence-corrected chi connectivity index (χ2v) is 0.598. The van der Waals surface area contributed by atoms with Crippen molar-refractivity contribution in [3.05, 3.63) is 0 Å². The van der Waals surface area contributed by atoms with Crippen LogP contribution in [0, 0.1) is 0 Å². The van der Waals surface area contributed by atoms with Crippen molar-refractivity contribution in [2.75, 3.05) is 6.54 Å². The van der Waals surface area contributed by atoms with Crippen LogP contribution in [-0.2, 0) is 4.79 Å². The van der Waals surface area contributed by atoms with E-state index in [0.717, 1.165) is 0 Å². The summed E-state index contributed by atoms with van der Waals surface area (Å²) in [7, 11) is 0. The Morgan fingerprint density at radius 1 is 2.20 bits per heavy atom. The van der Waals surface area contributed by atoms with E-state index < -0.39 is 5.91 Å². The Bertz CT molecular complexity index is 74.1. The first-order valence-electron chi connectivity index (χ1n) is 2.08. The molecule has 0 atom stereocenters. The van der Waals surface area contributed by atoms with Gasteiger partial charge in [-0.25, -0.2) is 0 Å². The van der Waals surface area contributed by atoms with E-state index in [9.17, 15) is 4.79 Å². The van der Waals surface area contributed by atoms with E-state index in [1.807, 2.05) is 0 Å². The maximum Gasteiger partial charge on any atom is 0.231 e. The standard InChI is InChI=1S/C2H6N2O/c3-1-2(4)5/h1,3H2,(H2,4,5)/i/hD2. The molecule has 0 unspecified atom stereocenters. The van der Waals surface area contributed by atoms with Crippen LogP contribution in [0.25, 0.3) is 0 Å². The molecule has 0 aromatic rings. The number of amides is 1. The summed E-state index contributed by atoms with van der Waals surface area (Å²) >= 11 is 0. The van der Waals surface area contributed by atoms with Gasteiger partial charge in [0.1, 0.15) is 0 Å². The molecule has 0 fully saturated rings. The second kappa shape index (κ2) is 1.72. The third-order valence-corrected chi connectivity index (χ3v) is 0.175. The minimum Gasteiger partial charge on any atom is -0.369 e. The van der Waals surface area contributed by atoms with Crippen molar-refractivity contribution in [3.63, 3.8) is 0 Å². The lowest BCUT2D eigenvalue weighted by Crippen LogP contribution is -2.21. The summed E-state index contributed by atoms with van der Waals surface area (Å²) in [6.07, 6.45) is 0. The lowest BCUT2D eigenvalue weighted by atomic mass is 10.7. The summed E-state index contributed by atoms with van der Waals surface area (Å²) in [5.74, 6) is -0.708. The highest BCUT2D eigenvalue weighted by Gasteiger charge is 1.77. The van der Waals surface area contributed by atoms with Crippen LogP contribution in [-0.4, -0.2) is 12.5 Å². The first-order valence-corrected chi connectivity index (χ1v) is 1.19. The van der Waals surface area contributed by atoms with E-state index in [4.69, 9.17) is 8.56 Å². The number of carbonyl (C=O) groups is 1. The summed E-state index contributed by atoms with van der Waals surface area (Å²) in [4.78, 5) is 9.94. The van der Waals surface area contributed by atoms with Crippen molar-refractivity contribution in [2.24, 2.45) is 11.5 Å². The Hall–Kier alpha value is -0.570. The molecule has 0 aliphatic carbocycles. The maximum absolute atomic E-state index is 9.94. The van der Waals surface area contributed by atoms with Gasteiger partial charge in [0.15, 0.2) is 2.82 Å². The molecule has 0 aromatic carbocycles. The smallest absolute Gasteiger partial charge is 0.231 e. The molecular formula is C2H6N2O. The molecule has 30 valence electrons. The molecule has 0 aliphatic heterocycles. The lowest BCUT2D eigenvalue weighted by molar-refractivity contribution is -0.116. The fraction of sp³-hybridized carbons (Fsp3) is 0.500. The zero-order valence-corrected chi connectivity index (χ0v) is 2.64. The van der Waals surface area contributed by atoms with Gasteiger partial charge in [-0.05, 0) is 0 Å². The van der Waals surface area contributed by atoms with Crippen molar-refractivity contribution in [1.82, 2.24) is 0 Å². The molecule has 1 amide bonds. The zero-order chi connectivity index (χ0) is 5.86. The largest absolute Gasteiger partial charge is 0.369 e. The highest BCUT2D eigenvalue weighted by Crippen LogP contribution is 1.36. The molecule has 0 saturated heterocycles. The Morgan fingerprint density at radius 2 is 2.80 bits per heavy atom. The first-order chi connectivity index (χ1) is 3.18. The monoisotopic (exact) mass is 76.1 g/mol. The fourth-order valence-corrected chi connectivity index (χ4v) is 0. The predicted octanol–water partition coefficient (Wildman–Crippen LogP) is -1.57. The van der Waals surface area contributed by atoms with Crippen LogP contribution < -0.4 is 11.5 Å². The van der Waals surface area contributed by atoms with Crippen molar-refractivity contribution in [3.8, 4) is 0 Å². The van der Waals surface area contributed by atoms with Crippen LogP contribution in [0.3, 0.4) is 0 Å². The topological polar surface area (TPSA) is 69.1 Å². The molecule has 0 spiro atoms. The summed E-state index contributed by atoms with van der Waals surface area (Å²) in [5.41, 5.74) is 4.70. The van der Waals surface area contributed by atoms with E-state index in [2.05, 4.69) is 0 Å². The highest BCUT2D eigenvalue weighted by molar-refractivity contribution is 5.75. The molecule has 0 rings (SSSR count). The fourth-order valence-electron chi connectivity index (χ4n) is 0. The molecule has 0 aromatic heterocycles. The number of hydrogen-bond acceptors (Lipinski definition) is 2. The van der Waals surface area contributed by atoms with Crippen molar-refractivity contribution in [1.29, 1.82) is 0 Å². The molecule has 0 radical (unpaired) electrons. The molecule has 0 bridgehead atoms. The number of carbonyl (C=O) groups excluding carboxylic acids is 1. The maximum atomic E-state index is 9.94. The van der Waals surface area contributed by atoms with Crippen molar-refractivity contribution in [2.45, 2.75) is 0 Å². The van der Waals surface area contributed by atoms with Gasteiger partial charge in [0, 0.05) is 0 Å². The van der Waals surface area contributed by atoms with Crippen LogP contribution in [0.2, 0.25) is 2.82 Å². The first kappa shape index (κ1) is 1.77. The van der Waals surface area contributed by atoms with Crippen molar-refractivity contribution >= 4 is 5.91 Å². The van der Waals surface area contributed by atoms with Gasteiger partial charge >= 0.3 is 0 Å². The van der Waals surface area contributed by atoms with E-state index in [-0.39, 0.29) is 12.3 Å². The summed E-state index contributed by atoms with van der Waals surface area (Å²) in [6, 6.07) is 0. The molecular weight excluding hydrogens is 68.0 g/mol. The molecule has 5 heavy (non-hydrogen) atoms. The van der Waals surface area contributed by atoms with E-state index in [0.29, 0.717) is 0 Å². The Labute approximate surface area is 32.9 Å². The number of primary amides is 1. The third kappa shape index (κ3) is 3.43. The van der Waals surface area contributed by atoms with Crippen LogP contribution in [0.5, 0.6) is 0 Å². The van der Waals surface area contributed by atoms with Gasteiger partial charge < -0.3 is 11.5 Å². The van der Waals surface area contributed by atoms with Crippen LogP contribution >= 0.6 is 0 Å². The highest BCUT2D eigenvalue weighted by atomic mass is 16.1. The number of rotatable bonds is 1. The van der Waals surface area contributed by atoms with Crippen LogP contribution in [0.4, 0.5) is 0 Å². The molecule has 3 nitrogen and oxygen atoms in total. The Morgan fingerprint density at radius 3 is 2.80 bits per heavy atom. The van der Waals surface area contributed by atoms with Crippen LogP contribution in [0.15, 0.2) is 0 Å². The summed E-state index contributed by atoms with van der Waals surface area (Å²) in [6.45, 7) is -0.271. The Kier molecular flexibility index (Phi) is 0.609. The van der Waals surface area contributed by atoms with Gasteiger partial charge in [-0.1, -0.05) is 0 Å². The molecule has 0 aliphatic rings. The predicted molar refractivity (Wildman–Crippen MR) is 18.2 cm³/mol.